The van der Waals surface area contributed by atoms with Gasteiger partial charge in [-0.15, -0.1) is 0 Å². The smallest absolute Gasteiger partial charge is 0.223 e. The van der Waals surface area contributed by atoms with Gasteiger partial charge in [-0.05, 0) is 31.9 Å². The zero-order valence-electron chi connectivity index (χ0n) is 10.3. The average Bonchev–Trinajstić information content (AvgIpc) is 2.68. The molecule has 1 saturated heterocycles. The Bertz CT molecular complexity index is 465. The van der Waals surface area contributed by atoms with Crippen LogP contribution >= 0.6 is 0 Å². The van der Waals surface area contributed by atoms with E-state index in [2.05, 4.69) is 0 Å². The molecule has 0 atom stereocenters. The summed E-state index contributed by atoms with van der Waals surface area (Å²) in [7, 11) is 0. The lowest BCUT2D eigenvalue weighted by Gasteiger charge is -2.15. The lowest BCUT2D eigenvalue weighted by molar-refractivity contribution is -0.127. The van der Waals surface area contributed by atoms with E-state index in [1.807, 2.05) is 32.0 Å². The number of carbonyl (C=O) groups excluding carboxylic acids is 2. The Labute approximate surface area is 101 Å². The predicted octanol–water partition coefficient (Wildman–Crippen LogP) is 2.11. The maximum atomic E-state index is 12.1. The summed E-state index contributed by atoms with van der Waals surface area (Å²) >= 11 is 0. The fraction of sp³-hybridized carbons (Fsp3) is 0.429. The second-order valence-electron chi connectivity index (χ2n) is 4.66. The SMILES string of the molecule is Cc1ccc(C)c(C(=O)CN2CCCC2=O)c1. The third kappa shape index (κ3) is 2.54. The van der Waals surface area contributed by atoms with Crippen molar-refractivity contribution in [3.63, 3.8) is 0 Å². The van der Waals surface area contributed by atoms with Gasteiger partial charge in [-0.2, -0.15) is 0 Å². The van der Waals surface area contributed by atoms with Crippen LogP contribution in [0.3, 0.4) is 0 Å². The second-order valence-corrected chi connectivity index (χ2v) is 4.66. The van der Waals surface area contributed by atoms with Gasteiger partial charge < -0.3 is 4.90 Å². The standard InChI is InChI=1S/C14H17NO2/c1-10-5-6-11(2)12(8-10)13(16)9-15-7-3-4-14(15)17/h5-6,8H,3-4,7,9H2,1-2H3. The van der Waals surface area contributed by atoms with Crippen molar-refractivity contribution in [2.45, 2.75) is 26.7 Å². The molecule has 0 aliphatic carbocycles. The van der Waals surface area contributed by atoms with Crippen molar-refractivity contribution in [1.82, 2.24) is 4.90 Å². The van der Waals surface area contributed by atoms with Crippen LogP contribution in [0.2, 0.25) is 0 Å². The van der Waals surface area contributed by atoms with Gasteiger partial charge in [0.05, 0.1) is 6.54 Å². The van der Waals surface area contributed by atoms with Crippen LogP contribution in [0.1, 0.15) is 34.3 Å². The molecule has 0 spiro atoms. The fourth-order valence-corrected chi connectivity index (χ4v) is 2.17. The minimum absolute atomic E-state index is 0.0430. The Morgan fingerprint density at radius 3 is 2.76 bits per heavy atom. The predicted molar refractivity (Wildman–Crippen MR) is 66.1 cm³/mol. The molecule has 1 aromatic carbocycles. The van der Waals surface area contributed by atoms with Crippen molar-refractivity contribution >= 4 is 11.7 Å². The molecular weight excluding hydrogens is 214 g/mol. The molecule has 1 fully saturated rings. The molecule has 0 unspecified atom stereocenters. The quantitative estimate of drug-likeness (QED) is 0.747. The van der Waals surface area contributed by atoms with Crippen LogP contribution in [0.15, 0.2) is 18.2 Å². The molecule has 1 aromatic rings. The first-order valence-corrected chi connectivity index (χ1v) is 5.96. The number of amides is 1. The minimum Gasteiger partial charge on any atom is -0.335 e. The first-order chi connectivity index (χ1) is 8.08. The van der Waals surface area contributed by atoms with E-state index in [-0.39, 0.29) is 18.2 Å². The van der Waals surface area contributed by atoms with E-state index in [4.69, 9.17) is 0 Å². The van der Waals surface area contributed by atoms with Crippen molar-refractivity contribution in [3.05, 3.63) is 34.9 Å². The molecule has 0 bridgehead atoms. The van der Waals surface area contributed by atoms with Gasteiger partial charge >= 0.3 is 0 Å². The largest absolute Gasteiger partial charge is 0.335 e. The number of hydrogen-bond acceptors (Lipinski definition) is 2. The number of benzene rings is 1. The van der Waals surface area contributed by atoms with Gasteiger partial charge in [-0.1, -0.05) is 17.7 Å². The van der Waals surface area contributed by atoms with Crippen LogP contribution < -0.4 is 0 Å². The highest BCUT2D eigenvalue weighted by Gasteiger charge is 2.23. The number of rotatable bonds is 3. The number of nitrogens with zero attached hydrogens (tertiary/aromatic N) is 1. The van der Waals surface area contributed by atoms with Crippen LogP contribution in [0, 0.1) is 13.8 Å². The Balaban J connectivity index is 2.14. The molecule has 1 aliphatic rings. The minimum atomic E-state index is 0.0430. The molecule has 2 rings (SSSR count). The Morgan fingerprint density at radius 1 is 1.35 bits per heavy atom. The summed E-state index contributed by atoms with van der Waals surface area (Å²) in [6.07, 6.45) is 1.46. The highest BCUT2D eigenvalue weighted by atomic mass is 16.2. The van der Waals surface area contributed by atoms with E-state index >= 15 is 0 Å². The molecule has 17 heavy (non-hydrogen) atoms. The highest BCUT2D eigenvalue weighted by Crippen LogP contribution is 2.15. The number of ketones is 1. The fourth-order valence-electron chi connectivity index (χ4n) is 2.17. The molecule has 3 nitrogen and oxygen atoms in total. The molecule has 3 heteroatoms. The van der Waals surface area contributed by atoms with Crippen LogP contribution in [0.5, 0.6) is 0 Å². The molecule has 0 radical (unpaired) electrons. The lowest BCUT2D eigenvalue weighted by Crippen LogP contribution is -2.31. The van der Waals surface area contributed by atoms with Crippen LogP contribution in [0.4, 0.5) is 0 Å². The summed E-state index contributed by atoms with van der Waals surface area (Å²) < 4.78 is 0. The van der Waals surface area contributed by atoms with Crippen LogP contribution in [0.25, 0.3) is 0 Å². The summed E-state index contributed by atoms with van der Waals surface area (Å²) in [5, 5.41) is 0. The van der Waals surface area contributed by atoms with Crippen LogP contribution in [-0.4, -0.2) is 29.7 Å². The van der Waals surface area contributed by atoms with Gasteiger partial charge in [0.1, 0.15) is 0 Å². The van der Waals surface area contributed by atoms with Crippen molar-refractivity contribution in [1.29, 1.82) is 0 Å². The third-order valence-corrected chi connectivity index (χ3v) is 3.20. The van der Waals surface area contributed by atoms with Crippen molar-refractivity contribution in [3.8, 4) is 0 Å². The van der Waals surface area contributed by atoms with Gasteiger partial charge in [-0.25, -0.2) is 0 Å². The van der Waals surface area contributed by atoms with E-state index in [0.717, 1.165) is 29.7 Å². The highest BCUT2D eigenvalue weighted by molar-refractivity contribution is 6.00. The average molecular weight is 231 g/mol. The monoisotopic (exact) mass is 231 g/mol. The number of aryl methyl sites for hydroxylation is 2. The molecule has 1 heterocycles. The molecule has 90 valence electrons. The third-order valence-electron chi connectivity index (χ3n) is 3.20. The van der Waals surface area contributed by atoms with Gasteiger partial charge in [0.25, 0.3) is 0 Å². The number of carbonyl (C=O) groups is 2. The molecule has 1 aliphatic heterocycles. The van der Waals surface area contributed by atoms with Gasteiger partial charge in [0.2, 0.25) is 5.91 Å². The molecule has 0 N–H and O–H groups in total. The summed E-state index contributed by atoms with van der Waals surface area (Å²) in [4.78, 5) is 25.2. The van der Waals surface area contributed by atoms with E-state index in [1.54, 1.807) is 4.90 Å². The zero-order chi connectivity index (χ0) is 12.4. The topological polar surface area (TPSA) is 37.4 Å². The van der Waals surface area contributed by atoms with Crippen molar-refractivity contribution in [2.24, 2.45) is 0 Å². The normalized spacial score (nSPS) is 15.4. The number of likely N-dealkylation sites (tertiary alicyclic amines) is 1. The molecular formula is C14H17NO2. The zero-order valence-corrected chi connectivity index (χ0v) is 10.3. The number of Topliss-reactive ketones (excluding diaryl/α,β-unsaturated/α-hetero) is 1. The van der Waals surface area contributed by atoms with Gasteiger partial charge in [0, 0.05) is 18.5 Å². The van der Waals surface area contributed by atoms with Gasteiger partial charge in [-0.3, -0.25) is 9.59 Å². The Kier molecular flexibility index (Phi) is 3.27. The summed E-state index contributed by atoms with van der Waals surface area (Å²) in [5.74, 6) is 0.144. The first-order valence-electron chi connectivity index (χ1n) is 5.96. The van der Waals surface area contributed by atoms with Crippen molar-refractivity contribution in [2.75, 3.05) is 13.1 Å². The van der Waals surface area contributed by atoms with Crippen molar-refractivity contribution < 1.29 is 9.59 Å². The van der Waals surface area contributed by atoms with E-state index in [9.17, 15) is 9.59 Å². The summed E-state index contributed by atoms with van der Waals surface area (Å²) in [6, 6.07) is 5.85. The Morgan fingerprint density at radius 2 is 2.12 bits per heavy atom. The Hall–Kier alpha value is -1.64. The summed E-state index contributed by atoms with van der Waals surface area (Å²) in [6.45, 7) is 4.84. The maximum absolute atomic E-state index is 12.1. The summed E-state index contributed by atoms with van der Waals surface area (Å²) in [5.41, 5.74) is 2.80. The van der Waals surface area contributed by atoms with E-state index in [0.29, 0.717) is 6.42 Å². The second kappa shape index (κ2) is 4.70. The van der Waals surface area contributed by atoms with Crippen LogP contribution in [-0.2, 0) is 4.79 Å². The first kappa shape index (κ1) is 11.8. The lowest BCUT2D eigenvalue weighted by atomic mass is 10.0. The van der Waals surface area contributed by atoms with E-state index < -0.39 is 0 Å². The molecule has 1 amide bonds. The molecule has 0 aromatic heterocycles. The molecule has 0 saturated carbocycles. The number of hydrogen-bond donors (Lipinski definition) is 0. The van der Waals surface area contributed by atoms with E-state index in [1.165, 1.54) is 0 Å². The van der Waals surface area contributed by atoms with Gasteiger partial charge in [0.15, 0.2) is 5.78 Å². The maximum Gasteiger partial charge on any atom is 0.223 e.